The normalized spacial score (nSPS) is 10.8. The Labute approximate surface area is 149 Å². The molecule has 3 aromatic carbocycles. The van der Waals surface area contributed by atoms with Gasteiger partial charge in [-0.15, -0.1) is 0 Å². The zero-order valence-electron chi connectivity index (χ0n) is 14.1. The molecule has 0 aliphatic carbocycles. The lowest BCUT2D eigenvalue weighted by atomic mass is 10.0. The van der Waals surface area contributed by atoms with Crippen LogP contribution in [-0.2, 0) is 0 Å². The molecular formula is C21H16N2O3. The number of aromatic carboxylic acids is 1. The molecule has 1 aromatic heterocycles. The third-order valence-corrected chi connectivity index (χ3v) is 4.30. The molecule has 2 N–H and O–H groups in total. The van der Waals surface area contributed by atoms with Crippen LogP contribution < -0.4 is 4.74 Å². The molecular weight excluding hydrogens is 328 g/mol. The fraction of sp³-hybridized carbons (Fsp3) is 0.0476. The molecule has 0 atom stereocenters. The van der Waals surface area contributed by atoms with Gasteiger partial charge in [0.2, 0.25) is 0 Å². The number of rotatable bonds is 4. The van der Waals surface area contributed by atoms with Crippen LogP contribution >= 0.6 is 0 Å². The first kappa shape index (κ1) is 15.9. The molecule has 5 heteroatoms. The number of H-pyrrole nitrogens is 1. The van der Waals surface area contributed by atoms with Crippen molar-refractivity contribution in [2.75, 3.05) is 7.11 Å². The van der Waals surface area contributed by atoms with Gasteiger partial charge in [0.1, 0.15) is 17.1 Å². The van der Waals surface area contributed by atoms with Gasteiger partial charge in [-0.2, -0.15) is 0 Å². The van der Waals surface area contributed by atoms with Crippen LogP contribution in [0.2, 0.25) is 0 Å². The number of carbonyl (C=O) groups is 1. The first-order valence-corrected chi connectivity index (χ1v) is 8.12. The number of benzene rings is 3. The fourth-order valence-corrected chi connectivity index (χ4v) is 2.96. The predicted molar refractivity (Wildman–Crippen MR) is 100 cm³/mol. The van der Waals surface area contributed by atoms with E-state index in [9.17, 15) is 9.90 Å². The molecule has 128 valence electrons. The Morgan fingerprint density at radius 1 is 0.962 bits per heavy atom. The van der Waals surface area contributed by atoms with Crippen LogP contribution in [-0.4, -0.2) is 28.2 Å². The number of carboxylic acid groups (broad SMARTS) is 1. The number of para-hydroxylation sites is 1. The van der Waals surface area contributed by atoms with Crippen molar-refractivity contribution in [3.05, 3.63) is 72.3 Å². The van der Waals surface area contributed by atoms with Gasteiger partial charge in [-0.25, -0.2) is 9.78 Å². The van der Waals surface area contributed by atoms with E-state index < -0.39 is 5.97 Å². The Kier molecular flexibility index (Phi) is 3.89. The van der Waals surface area contributed by atoms with E-state index in [1.165, 1.54) is 0 Å². The van der Waals surface area contributed by atoms with Crippen LogP contribution in [0.5, 0.6) is 5.75 Å². The van der Waals surface area contributed by atoms with E-state index in [0.717, 1.165) is 22.4 Å². The number of hydrogen-bond donors (Lipinski definition) is 2. The number of aromatic amines is 1. The van der Waals surface area contributed by atoms with E-state index in [1.807, 2.05) is 54.6 Å². The summed E-state index contributed by atoms with van der Waals surface area (Å²) in [5, 5.41) is 9.30. The highest BCUT2D eigenvalue weighted by Gasteiger charge is 2.13. The summed E-state index contributed by atoms with van der Waals surface area (Å²) in [5.41, 5.74) is 4.38. The van der Waals surface area contributed by atoms with Crippen molar-refractivity contribution in [3.8, 4) is 28.3 Å². The summed E-state index contributed by atoms with van der Waals surface area (Å²) in [6.45, 7) is 0. The van der Waals surface area contributed by atoms with Crippen LogP contribution in [0.15, 0.2) is 66.7 Å². The largest absolute Gasteiger partial charge is 0.497 e. The van der Waals surface area contributed by atoms with Crippen LogP contribution in [0.1, 0.15) is 10.4 Å². The number of nitrogens with zero attached hydrogens (tertiary/aromatic N) is 1. The zero-order valence-corrected chi connectivity index (χ0v) is 14.1. The molecule has 4 rings (SSSR count). The SMILES string of the molecule is COc1cccc(-c2ccc(-c3nc4c(C(=O)O)cccc4[nH]3)cc2)c1. The summed E-state index contributed by atoms with van der Waals surface area (Å²) in [5.74, 6) is 0.470. The Hall–Kier alpha value is -3.60. The molecule has 0 bridgehead atoms. The fourth-order valence-electron chi connectivity index (χ4n) is 2.96. The summed E-state index contributed by atoms with van der Waals surface area (Å²) >= 11 is 0. The van der Waals surface area contributed by atoms with E-state index in [2.05, 4.69) is 9.97 Å². The molecule has 0 unspecified atom stereocenters. The lowest BCUT2D eigenvalue weighted by Gasteiger charge is -2.05. The van der Waals surface area contributed by atoms with Crippen molar-refractivity contribution in [3.63, 3.8) is 0 Å². The third kappa shape index (κ3) is 2.80. The van der Waals surface area contributed by atoms with E-state index in [-0.39, 0.29) is 5.56 Å². The molecule has 1 heterocycles. The highest BCUT2D eigenvalue weighted by molar-refractivity contribution is 6.01. The van der Waals surface area contributed by atoms with E-state index >= 15 is 0 Å². The second kappa shape index (κ2) is 6.37. The van der Waals surface area contributed by atoms with Gasteiger partial charge >= 0.3 is 5.97 Å². The molecule has 0 aliphatic rings. The van der Waals surface area contributed by atoms with Crippen molar-refractivity contribution in [1.29, 1.82) is 0 Å². The molecule has 0 radical (unpaired) electrons. The second-order valence-electron chi connectivity index (χ2n) is 5.90. The lowest BCUT2D eigenvalue weighted by molar-refractivity contribution is 0.0699. The Morgan fingerprint density at radius 2 is 1.69 bits per heavy atom. The number of methoxy groups -OCH3 is 1. The van der Waals surface area contributed by atoms with Crippen molar-refractivity contribution in [1.82, 2.24) is 9.97 Å². The highest BCUT2D eigenvalue weighted by atomic mass is 16.5. The lowest BCUT2D eigenvalue weighted by Crippen LogP contribution is -1.96. The van der Waals surface area contributed by atoms with Crippen LogP contribution in [0.25, 0.3) is 33.5 Å². The quantitative estimate of drug-likeness (QED) is 0.567. The van der Waals surface area contributed by atoms with Crippen molar-refractivity contribution < 1.29 is 14.6 Å². The number of aromatic nitrogens is 2. The monoisotopic (exact) mass is 344 g/mol. The standard InChI is InChI=1S/C21H16N2O3/c1-26-16-5-2-4-15(12-16)13-8-10-14(11-9-13)20-22-18-7-3-6-17(21(24)25)19(18)23-20/h2-12H,1H3,(H,22,23)(H,24,25). The number of hydrogen-bond acceptors (Lipinski definition) is 3. The van der Waals surface area contributed by atoms with E-state index in [0.29, 0.717) is 16.9 Å². The number of fused-ring (bicyclic) bond motifs is 1. The first-order chi connectivity index (χ1) is 12.7. The minimum Gasteiger partial charge on any atom is -0.497 e. The Bertz CT molecular complexity index is 1100. The van der Waals surface area contributed by atoms with Gasteiger partial charge in [0.15, 0.2) is 0 Å². The minimum atomic E-state index is -0.984. The molecule has 0 saturated carbocycles. The number of nitrogens with one attached hydrogen (secondary N) is 1. The van der Waals surface area contributed by atoms with E-state index in [1.54, 1.807) is 19.2 Å². The van der Waals surface area contributed by atoms with Crippen molar-refractivity contribution in [2.24, 2.45) is 0 Å². The molecule has 0 fully saturated rings. The Balaban J connectivity index is 1.72. The minimum absolute atomic E-state index is 0.193. The molecule has 0 aliphatic heterocycles. The Morgan fingerprint density at radius 3 is 2.42 bits per heavy atom. The average molecular weight is 344 g/mol. The summed E-state index contributed by atoms with van der Waals surface area (Å²) in [6, 6.07) is 20.9. The van der Waals surface area contributed by atoms with Gasteiger partial charge in [-0.3, -0.25) is 0 Å². The second-order valence-corrected chi connectivity index (χ2v) is 5.90. The van der Waals surface area contributed by atoms with E-state index in [4.69, 9.17) is 4.74 Å². The van der Waals surface area contributed by atoms with Crippen molar-refractivity contribution >= 4 is 17.0 Å². The summed E-state index contributed by atoms with van der Waals surface area (Å²) in [4.78, 5) is 19.0. The predicted octanol–water partition coefficient (Wildman–Crippen LogP) is 4.60. The summed E-state index contributed by atoms with van der Waals surface area (Å²) in [6.07, 6.45) is 0. The van der Waals surface area contributed by atoms with Gasteiger partial charge in [0.25, 0.3) is 0 Å². The molecule has 0 amide bonds. The smallest absolute Gasteiger partial charge is 0.337 e. The van der Waals surface area contributed by atoms with Crippen LogP contribution in [0.4, 0.5) is 0 Å². The molecule has 0 saturated heterocycles. The number of ether oxygens (including phenoxy) is 1. The summed E-state index contributed by atoms with van der Waals surface area (Å²) < 4.78 is 5.27. The maximum absolute atomic E-state index is 11.4. The van der Waals surface area contributed by atoms with Gasteiger partial charge in [0, 0.05) is 5.56 Å². The van der Waals surface area contributed by atoms with Crippen LogP contribution in [0, 0.1) is 0 Å². The van der Waals surface area contributed by atoms with Gasteiger partial charge in [-0.05, 0) is 35.4 Å². The maximum atomic E-state index is 11.4. The van der Waals surface area contributed by atoms with Crippen LogP contribution in [0.3, 0.4) is 0 Å². The number of imidazole rings is 1. The van der Waals surface area contributed by atoms with Gasteiger partial charge in [-0.1, -0.05) is 42.5 Å². The van der Waals surface area contributed by atoms with Gasteiger partial charge in [0.05, 0.1) is 18.2 Å². The molecule has 26 heavy (non-hydrogen) atoms. The number of carboxylic acids is 1. The first-order valence-electron chi connectivity index (χ1n) is 8.12. The summed E-state index contributed by atoms with van der Waals surface area (Å²) in [7, 11) is 1.65. The average Bonchev–Trinajstić information content (AvgIpc) is 3.12. The molecule has 5 nitrogen and oxygen atoms in total. The maximum Gasteiger partial charge on any atom is 0.337 e. The highest BCUT2D eigenvalue weighted by Crippen LogP contribution is 2.27. The van der Waals surface area contributed by atoms with Gasteiger partial charge < -0.3 is 14.8 Å². The topological polar surface area (TPSA) is 75.2 Å². The zero-order chi connectivity index (χ0) is 18.1. The van der Waals surface area contributed by atoms with Crippen molar-refractivity contribution in [2.45, 2.75) is 0 Å². The third-order valence-electron chi connectivity index (χ3n) is 4.30. The molecule has 0 spiro atoms. The molecule has 4 aromatic rings.